The van der Waals surface area contributed by atoms with E-state index in [-0.39, 0.29) is 0 Å². The van der Waals surface area contributed by atoms with E-state index in [2.05, 4.69) is 55.0 Å². The zero-order valence-electron chi connectivity index (χ0n) is 12.1. The fraction of sp³-hybridized carbons (Fsp3) is 0.500. The molecule has 0 fully saturated rings. The van der Waals surface area contributed by atoms with Crippen molar-refractivity contribution >= 4 is 26.9 Å². The Kier molecular flexibility index (Phi) is 4.69. The lowest BCUT2D eigenvalue weighted by molar-refractivity contribution is 0.552. The smallest absolute Gasteiger partial charge is 0.134 e. The van der Waals surface area contributed by atoms with Gasteiger partial charge in [0.1, 0.15) is 5.58 Å². The second kappa shape index (κ2) is 6.10. The van der Waals surface area contributed by atoms with Crippen LogP contribution in [0.4, 0.5) is 0 Å². The van der Waals surface area contributed by atoms with E-state index >= 15 is 0 Å². The zero-order chi connectivity index (χ0) is 14.0. The summed E-state index contributed by atoms with van der Waals surface area (Å²) < 4.78 is 6.89. The lowest BCUT2D eigenvalue weighted by Crippen LogP contribution is -2.22. The number of halogens is 1. The minimum absolute atomic E-state index is 0.694. The molecule has 1 N–H and O–H groups in total. The highest BCUT2D eigenvalue weighted by molar-refractivity contribution is 9.10. The summed E-state index contributed by atoms with van der Waals surface area (Å²) in [5, 5.41) is 4.75. The molecule has 0 unspecified atom stereocenters. The normalized spacial score (nSPS) is 11.7. The molecule has 104 valence electrons. The van der Waals surface area contributed by atoms with Gasteiger partial charge in [-0.25, -0.2) is 0 Å². The third-order valence-electron chi connectivity index (χ3n) is 3.42. The first-order valence-corrected chi connectivity index (χ1v) is 7.66. The molecular formula is C16H22BrNO. The van der Waals surface area contributed by atoms with Gasteiger partial charge in [0.15, 0.2) is 0 Å². The summed E-state index contributed by atoms with van der Waals surface area (Å²) in [6.45, 7) is 10.8. The standard InChI is InChI=1S/C16H22BrNO/c1-10(2)8-18-6-5-13-9-19-14-7-11(3)16(17)12(4)15(13)14/h7,9-10,18H,5-6,8H2,1-4H3. The lowest BCUT2D eigenvalue weighted by atomic mass is 10.0. The van der Waals surface area contributed by atoms with Crippen molar-refractivity contribution in [1.82, 2.24) is 5.32 Å². The Labute approximate surface area is 123 Å². The van der Waals surface area contributed by atoms with Crippen LogP contribution in [0.3, 0.4) is 0 Å². The highest BCUT2D eigenvalue weighted by atomic mass is 79.9. The van der Waals surface area contributed by atoms with Crippen molar-refractivity contribution in [2.75, 3.05) is 13.1 Å². The van der Waals surface area contributed by atoms with E-state index in [4.69, 9.17) is 4.42 Å². The Bertz CT molecular complexity index is 572. The van der Waals surface area contributed by atoms with Gasteiger partial charge >= 0.3 is 0 Å². The summed E-state index contributed by atoms with van der Waals surface area (Å²) >= 11 is 3.66. The van der Waals surface area contributed by atoms with Crippen molar-refractivity contribution in [1.29, 1.82) is 0 Å². The van der Waals surface area contributed by atoms with E-state index < -0.39 is 0 Å². The summed E-state index contributed by atoms with van der Waals surface area (Å²) in [4.78, 5) is 0. The summed E-state index contributed by atoms with van der Waals surface area (Å²) in [6, 6.07) is 2.11. The number of fused-ring (bicyclic) bond motifs is 1. The second-order valence-corrected chi connectivity index (χ2v) is 6.41. The number of aryl methyl sites for hydroxylation is 2. The van der Waals surface area contributed by atoms with Crippen molar-refractivity contribution in [3.8, 4) is 0 Å². The Morgan fingerprint density at radius 1 is 1.32 bits per heavy atom. The summed E-state index contributed by atoms with van der Waals surface area (Å²) in [5.41, 5.74) is 4.80. The van der Waals surface area contributed by atoms with E-state index in [1.165, 1.54) is 26.5 Å². The van der Waals surface area contributed by atoms with E-state index in [0.29, 0.717) is 5.92 Å². The maximum Gasteiger partial charge on any atom is 0.134 e. The minimum atomic E-state index is 0.694. The van der Waals surface area contributed by atoms with Crippen LogP contribution in [0.2, 0.25) is 0 Å². The van der Waals surface area contributed by atoms with E-state index in [1.54, 1.807) is 0 Å². The SMILES string of the molecule is Cc1cc2occ(CCNCC(C)C)c2c(C)c1Br. The van der Waals surface area contributed by atoms with Crippen molar-refractivity contribution in [3.63, 3.8) is 0 Å². The second-order valence-electron chi connectivity index (χ2n) is 5.61. The fourth-order valence-electron chi connectivity index (χ4n) is 2.41. The van der Waals surface area contributed by atoms with Gasteiger partial charge in [0.05, 0.1) is 6.26 Å². The lowest BCUT2D eigenvalue weighted by Gasteiger charge is -2.08. The van der Waals surface area contributed by atoms with Gasteiger partial charge in [-0.05, 0) is 62.0 Å². The Hall–Kier alpha value is -0.800. The number of benzene rings is 1. The molecule has 0 aliphatic rings. The Balaban J connectivity index is 2.18. The monoisotopic (exact) mass is 323 g/mol. The van der Waals surface area contributed by atoms with Crippen LogP contribution in [0.25, 0.3) is 11.0 Å². The van der Waals surface area contributed by atoms with Gasteiger partial charge in [-0.1, -0.05) is 29.8 Å². The molecule has 0 saturated heterocycles. The summed E-state index contributed by atoms with van der Waals surface area (Å²) in [5.74, 6) is 0.694. The van der Waals surface area contributed by atoms with Crippen LogP contribution in [0.5, 0.6) is 0 Å². The average molecular weight is 324 g/mol. The van der Waals surface area contributed by atoms with Gasteiger partial charge in [0.25, 0.3) is 0 Å². The molecule has 1 heterocycles. The Morgan fingerprint density at radius 3 is 2.74 bits per heavy atom. The maximum atomic E-state index is 5.70. The quantitative estimate of drug-likeness (QED) is 0.813. The molecule has 1 aromatic heterocycles. The van der Waals surface area contributed by atoms with Crippen LogP contribution in [0.1, 0.15) is 30.5 Å². The summed E-state index contributed by atoms with van der Waals surface area (Å²) in [6.07, 6.45) is 2.91. The predicted octanol–water partition coefficient (Wildman–Crippen LogP) is 4.60. The first kappa shape index (κ1) is 14.6. The van der Waals surface area contributed by atoms with Crippen molar-refractivity contribution in [2.24, 2.45) is 5.92 Å². The van der Waals surface area contributed by atoms with E-state index in [1.807, 2.05) is 6.26 Å². The summed E-state index contributed by atoms with van der Waals surface area (Å²) in [7, 11) is 0. The molecule has 0 atom stereocenters. The predicted molar refractivity (Wildman–Crippen MR) is 84.8 cm³/mol. The van der Waals surface area contributed by atoms with Crippen molar-refractivity contribution < 1.29 is 4.42 Å². The molecule has 2 aromatic rings. The van der Waals surface area contributed by atoms with E-state index in [0.717, 1.165) is 25.1 Å². The van der Waals surface area contributed by atoms with Crippen LogP contribution in [0.15, 0.2) is 21.2 Å². The highest BCUT2D eigenvalue weighted by Crippen LogP contribution is 2.32. The molecule has 0 radical (unpaired) electrons. The van der Waals surface area contributed by atoms with Crippen molar-refractivity contribution in [2.45, 2.75) is 34.1 Å². The van der Waals surface area contributed by atoms with Crippen LogP contribution in [-0.2, 0) is 6.42 Å². The number of rotatable bonds is 5. The molecule has 2 nitrogen and oxygen atoms in total. The van der Waals surface area contributed by atoms with Gasteiger partial charge in [-0.2, -0.15) is 0 Å². The first-order chi connectivity index (χ1) is 9.00. The molecular weight excluding hydrogens is 302 g/mol. The number of nitrogens with one attached hydrogen (secondary N) is 1. The van der Waals surface area contributed by atoms with Crippen LogP contribution >= 0.6 is 15.9 Å². The molecule has 2 rings (SSSR count). The van der Waals surface area contributed by atoms with Gasteiger partial charge in [0, 0.05) is 9.86 Å². The number of hydrogen-bond donors (Lipinski definition) is 1. The molecule has 1 aromatic carbocycles. The Morgan fingerprint density at radius 2 is 2.05 bits per heavy atom. The number of hydrogen-bond acceptors (Lipinski definition) is 2. The first-order valence-electron chi connectivity index (χ1n) is 6.87. The fourth-order valence-corrected chi connectivity index (χ4v) is 2.72. The third kappa shape index (κ3) is 3.21. The van der Waals surface area contributed by atoms with Crippen molar-refractivity contribution in [3.05, 3.63) is 33.5 Å². The molecule has 3 heteroatoms. The third-order valence-corrected chi connectivity index (χ3v) is 4.64. The molecule has 0 amide bonds. The van der Waals surface area contributed by atoms with Gasteiger partial charge in [-0.15, -0.1) is 0 Å². The highest BCUT2D eigenvalue weighted by Gasteiger charge is 2.12. The maximum absolute atomic E-state index is 5.70. The van der Waals surface area contributed by atoms with Crippen LogP contribution in [0, 0.1) is 19.8 Å². The average Bonchev–Trinajstić information content (AvgIpc) is 2.74. The molecule has 0 aliphatic carbocycles. The molecule has 0 saturated carbocycles. The molecule has 0 bridgehead atoms. The van der Waals surface area contributed by atoms with E-state index in [9.17, 15) is 0 Å². The zero-order valence-corrected chi connectivity index (χ0v) is 13.7. The number of furan rings is 1. The molecule has 0 spiro atoms. The van der Waals surface area contributed by atoms with Gasteiger partial charge in [-0.3, -0.25) is 0 Å². The van der Waals surface area contributed by atoms with Gasteiger partial charge < -0.3 is 9.73 Å². The minimum Gasteiger partial charge on any atom is -0.464 e. The molecule has 0 aliphatic heterocycles. The largest absolute Gasteiger partial charge is 0.464 e. The topological polar surface area (TPSA) is 25.2 Å². The van der Waals surface area contributed by atoms with Gasteiger partial charge in [0.2, 0.25) is 0 Å². The van der Waals surface area contributed by atoms with Crippen LogP contribution < -0.4 is 5.32 Å². The molecule has 19 heavy (non-hydrogen) atoms. The van der Waals surface area contributed by atoms with Crippen LogP contribution in [-0.4, -0.2) is 13.1 Å².